The Kier molecular flexibility index (Phi) is 4.17. The van der Waals surface area contributed by atoms with E-state index in [-0.39, 0.29) is 6.07 Å². The van der Waals surface area contributed by atoms with Crippen LogP contribution in [0.4, 0.5) is 17.6 Å². The summed E-state index contributed by atoms with van der Waals surface area (Å²) in [5.74, 6) is -1.75. The van der Waals surface area contributed by atoms with E-state index in [9.17, 15) is 26.0 Å². The van der Waals surface area contributed by atoms with Gasteiger partial charge in [-0.1, -0.05) is 11.6 Å². The number of benzene rings is 1. The second-order valence-corrected chi connectivity index (χ2v) is 7.69. The molecule has 0 aliphatic rings. The van der Waals surface area contributed by atoms with Crippen molar-refractivity contribution in [2.45, 2.75) is 11.2 Å². The number of halogens is 6. The standard InChI is InChI=1S/C13H5Cl2F4N3O2S/c14-9-8-7(11-20-2-1-3-21-11)5(13(17,18)19)4-6(16)10(8)22-12(9)25(15,23)24/h1-4,22H. The van der Waals surface area contributed by atoms with Crippen LogP contribution in [-0.4, -0.2) is 23.4 Å². The predicted octanol–water partition coefficient (Wildman–Crippen LogP) is 4.36. The van der Waals surface area contributed by atoms with Gasteiger partial charge in [0.05, 0.1) is 16.1 Å². The van der Waals surface area contributed by atoms with E-state index in [1.807, 2.05) is 0 Å². The highest BCUT2D eigenvalue weighted by atomic mass is 35.7. The van der Waals surface area contributed by atoms with Crippen LogP contribution in [0.5, 0.6) is 0 Å². The first-order valence-corrected chi connectivity index (χ1v) is 9.03. The van der Waals surface area contributed by atoms with Crippen LogP contribution in [0.2, 0.25) is 5.02 Å². The summed E-state index contributed by atoms with van der Waals surface area (Å²) in [7, 11) is 0.733. The van der Waals surface area contributed by atoms with E-state index in [0.29, 0.717) is 0 Å². The van der Waals surface area contributed by atoms with E-state index >= 15 is 0 Å². The van der Waals surface area contributed by atoms with Crippen LogP contribution in [-0.2, 0) is 15.2 Å². The van der Waals surface area contributed by atoms with E-state index in [0.717, 1.165) is 0 Å². The Labute approximate surface area is 147 Å². The van der Waals surface area contributed by atoms with Crippen molar-refractivity contribution in [3.05, 3.63) is 40.9 Å². The van der Waals surface area contributed by atoms with Crippen molar-refractivity contribution in [3.8, 4) is 11.4 Å². The first kappa shape index (κ1) is 17.9. The molecule has 132 valence electrons. The van der Waals surface area contributed by atoms with Crippen LogP contribution in [0.15, 0.2) is 29.6 Å². The van der Waals surface area contributed by atoms with Gasteiger partial charge in [0, 0.05) is 34.0 Å². The van der Waals surface area contributed by atoms with Crippen LogP contribution >= 0.6 is 22.3 Å². The first-order valence-electron chi connectivity index (χ1n) is 6.34. The number of fused-ring (bicyclic) bond motifs is 1. The zero-order valence-electron chi connectivity index (χ0n) is 11.7. The molecular weight excluding hydrogens is 409 g/mol. The summed E-state index contributed by atoms with van der Waals surface area (Å²) in [4.78, 5) is 9.57. The Morgan fingerprint density at radius 2 is 1.76 bits per heavy atom. The van der Waals surface area contributed by atoms with Crippen molar-refractivity contribution >= 4 is 42.2 Å². The molecule has 0 fully saturated rings. The highest BCUT2D eigenvalue weighted by molar-refractivity contribution is 8.13. The molecule has 12 heteroatoms. The Balaban J connectivity index is 2.57. The molecule has 0 amide bonds. The van der Waals surface area contributed by atoms with E-state index in [2.05, 4.69) is 15.0 Å². The average molecular weight is 414 g/mol. The summed E-state index contributed by atoms with van der Waals surface area (Å²) in [5, 5.41) is -2.03. The predicted molar refractivity (Wildman–Crippen MR) is 82.3 cm³/mol. The number of nitrogens with zero attached hydrogens (tertiary/aromatic N) is 2. The number of hydrogen-bond donors (Lipinski definition) is 1. The molecule has 3 aromatic rings. The van der Waals surface area contributed by atoms with Crippen LogP contribution in [0.3, 0.4) is 0 Å². The molecule has 25 heavy (non-hydrogen) atoms. The summed E-state index contributed by atoms with van der Waals surface area (Å²) in [5.41, 5.74) is -2.61. The summed E-state index contributed by atoms with van der Waals surface area (Å²) in [6, 6.07) is 1.58. The molecule has 0 aliphatic heterocycles. The van der Waals surface area contributed by atoms with E-state index < -0.39 is 58.9 Å². The van der Waals surface area contributed by atoms with Crippen molar-refractivity contribution in [2.75, 3.05) is 0 Å². The zero-order valence-corrected chi connectivity index (χ0v) is 14.0. The minimum atomic E-state index is -4.97. The molecule has 0 unspecified atom stereocenters. The van der Waals surface area contributed by atoms with Gasteiger partial charge in [-0.2, -0.15) is 13.2 Å². The molecule has 2 aromatic heterocycles. The first-order chi connectivity index (χ1) is 11.5. The van der Waals surface area contributed by atoms with Crippen molar-refractivity contribution in [2.24, 2.45) is 0 Å². The van der Waals surface area contributed by atoms with Crippen LogP contribution in [0.1, 0.15) is 5.56 Å². The number of aromatic nitrogens is 3. The Hall–Kier alpha value is -1.91. The van der Waals surface area contributed by atoms with E-state index in [4.69, 9.17) is 22.3 Å². The molecule has 1 aromatic carbocycles. The fourth-order valence-electron chi connectivity index (χ4n) is 2.33. The SMILES string of the molecule is O=S(=O)(Cl)c1[nH]c2c(F)cc(C(F)(F)F)c(-c3ncccn3)c2c1Cl. The number of rotatable bonds is 2. The molecule has 2 heterocycles. The molecule has 1 N–H and O–H groups in total. The normalized spacial score (nSPS) is 12.7. The van der Waals surface area contributed by atoms with Gasteiger partial charge >= 0.3 is 6.18 Å². The highest BCUT2D eigenvalue weighted by Crippen LogP contribution is 2.45. The van der Waals surface area contributed by atoms with Crippen molar-refractivity contribution in [3.63, 3.8) is 0 Å². The third-order valence-corrected chi connectivity index (χ3v) is 5.02. The largest absolute Gasteiger partial charge is 0.417 e. The molecule has 0 radical (unpaired) electrons. The van der Waals surface area contributed by atoms with Gasteiger partial charge in [0.1, 0.15) is 5.82 Å². The number of H-pyrrole nitrogens is 1. The second-order valence-electron chi connectivity index (χ2n) is 4.81. The highest BCUT2D eigenvalue weighted by Gasteiger charge is 2.38. The van der Waals surface area contributed by atoms with Gasteiger partial charge in [0.15, 0.2) is 10.9 Å². The van der Waals surface area contributed by atoms with Gasteiger partial charge in [-0.25, -0.2) is 22.8 Å². The quantitative estimate of drug-likeness (QED) is 0.500. The topological polar surface area (TPSA) is 75.7 Å². The summed E-state index contributed by atoms with van der Waals surface area (Å²) < 4.78 is 77.4. The minimum absolute atomic E-state index is 0.214. The molecule has 0 aliphatic carbocycles. The Morgan fingerprint density at radius 3 is 2.28 bits per heavy atom. The van der Waals surface area contributed by atoms with Crippen LogP contribution < -0.4 is 0 Å². The third-order valence-electron chi connectivity index (χ3n) is 3.28. The molecular formula is C13H5Cl2F4N3O2S. The summed E-state index contributed by atoms with van der Waals surface area (Å²) >= 11 is 5.91. The van der Waals surface area contributed by atoms with Gasteiger partial charge in [-0.3, -0.25) is 0 Å². The van der Waals surface area contributed by atoms with Gasteiger partial charge in [0.25, 0.3) is 9.05 Å². The molecule has 0 atom stereocenters. The average Bonchev–Trinajstić information content (AvgIpc) is 2.86. The molecule has 0 bridgehead atoms. The lowest BCUT2D eigenvalue weighted by Crippen LogP contribution is -2.09. The molecule has 3 rings (SSSR count). The number of nitrogens with one attached hydrogen (secondary N) is 1. The maximum atomic E-state index is 14.2. The Bertz CT molecular complexity index is 1080. The van der Waals surface area contributed by atoms with Crippen molar-refractivity contribution in [1.82, 2.24) is 15.0 Å². The fraction of sp³-hybridized carbons (Fsp3) is 0.0769. The monoisotopic (exact) mass is 413 g/mol. The Morgan fingerprint density at radius 1 is 1.16 bits per heavy atom. The maximum absolute atomic E-state index is 14.2. The lowest BCUT2D eigenvalue weighted by molar-refractivity contribution is -0.137. The van der Waals surface area contributed by atoms with Crippen LogP contribution in [0, 0.1) is 5.82 Å². The third kappa shape index (κ3) is 3.05. The smallest absolute Gasteiger partial charge is 0.341 e. The zero-order chi connectivity index (χ0) is 18.6. The fourth-order valence-corrected chi connectivity index (χ4v) is 3.87. The van der Waals surface area contributed by atoms with Crippen molar-refractivity contribution in [1.29, 1.82) is 0 Å². The molecule has 0 spiro atoms. The van der Waals surface area contributed by atoms with Crippen LogP contribution in [0.25, 0.3) is 22.3 Å². The molecule has 5 nitrogen and oxygen atoms in total. The summed E-state index contributed by atoms with van der Waals surface area (Å²) in [6.45, 7) is 0. The maximum Gasteiger partial charge on any atom is 0.417 e. The number of aromatic amines is 1. The van der Waals surface area contributed by atoms with E-state index in [1.54, 1.807) is 0 Å². The van der Waals surface area contributed by atoms with Gasteiger partial charge in [-0.05, 0) is 12.1 Å². The van der Waals surface area contributed by atoms with Gasteiger partial charge in [0.2, 0.25) is 0 Å². The lowest BCUT2D eigenvalue weighted by Gasteiger charge is -2.13. The van der Waals surface area contributed by atoms with Gasteiger partial charge in [-0.15, -0.1) is 0 Å². The molecule has 0 saturated carbocycles. The second kappa shape index (κ2) is 5.82. The van der Waals surface area contributed by atoms with Crippen molar-refractivity contribution < 1.29 is 26.0 Å². The number of hydrogen-bond acceptors (Lipinski definition) is 4. The molecule has 0 saturated heterocycles. The number of alkyl halides is 3. The van der Waals surface area contributed by atoms with Gasteiger partial charge < -0.3 is 4.98 Å². The summed E-state index contributed by atoms with van der Waals surface area (Å²) in [6.07, 6.45) is -2.61. The lowest BCUT2D eigenvalue weighted by atomic mass is 10.0. The minimum Gasteiger partial charge on any atom is -0.341 e. The van der Waals surface area contributed by atoms with E-state index in [1.165, 1.54) is 18.5 Å².